The molecule has 1 fully saturated rings. The molecular weight excluding hydrogens is 567 g/mol. The number of hydrogen-bond acceptors (Lipinski definition) is 8. The molecule has 1 atom stereocenters. The van der Waals surface area contributed by atoms with Gasteiger partial charge in [0.2, 0.25) is 5.13 Å². The van der Waals surface area contributed by atoms with Crippen LogP contribution in [0.3, 0.4) is 0 Å². The number of thioether (sulfide) groups is 1. The minimum absolute atomic E-state index is 0.0417. The van der Waals surface area contributed by atoms with Crippen molar-refractivity contribution in [1.82, 2.24) is 15.2 Å². The lowest BCUT2D eigenvalue weighted by Crippen LogP contribution is -2.29. The van der Waals surface area contributed by atoms with Crippen molar-refractivity contribution in [1.29, 1.82) is 0 Å². The van der Waals surface area contributed by atoms with E-state index in [-0.39, 0.29) is 22.3 Å². The monoisotopic (exact) mass is 582 g/mol. The first-order valence-electron chi connectivity index (χ1n) is 10.6. The van der Waals surface area contributed by atoms with E-state index in [9.17, 15) is 19.1 Å². The summed E-state index contributed by atoms with van der Waals surface area (Å²) < 4.78 is 14.5. The van der Waals surface area contributed by atoms with Gasteiger partial charge in [0.05, 0.1) is 11.6 Å². The van der Waals surface area contributed by atoms with Crippen LogP contribution in [0.15, 0.2) is 87.4 Å². The molecule has 5 rings (SSSR count). The van der Waals surface area contributed by atoms with Crippen molar-refractivity contribution in [2.75, 3.05) is 4.90 Å². The number of amides is 1. The highest BCUT2D eigenvalue weighted by Gasteiger charge is 2.48. The number of nitrogens with zero attached hydrogens (tertiary/aromatic N) is 4. The van der Waals surface area contributed by atoms with Gasteiger partial charge in [-0.15, -0.1) is 10.2 Å². The van der Waals surface area contributed by atoms with Crippen LogP contribution < -0.4 is 4.90 Å². The lowest BCUT2D eigenvalue weighted by molar-refractivity contribution is -0.132. The molecule has 0 bridgehead atoms. The highest BCUT2D eigenvalue weighted by atomic mass is 79.9. The van der Waals surface area contributed by atoms with E-state index in [1.807, 2.05) is 6.07 Å². The van der Waals surface area contributed by atoms with Crippen LogP contribution in [0.4, 0.5) is 9.52 Å². The number of aliphatic hydroxyl groups is 1. The molecule has 0 spiro atoms. The Kier molecular flexibility index (Phi) is 6.95. The second kappa shape index (κ2) is 10.3. The van der Waals surface area contributed by atoms with E-state index in [0.29, 0.717) is 21.2 Å². The largest absolute Gasteiger partial charge is 0.507 e. The standard InChI is InChI=1S/C25H16BrFN4O3S2/c26-17-3-1-2-16(12-17)20-19(21(32)15-8-10-28-11-9-15)22(33)23(34)31(20)24-29-30-25(36-24)35-13-14-4-6-18(27)7-5-14/h1-12,20,32H,13H2/b21-19+. The molecule has 1 saturated heterocycles. The molecule has 1 unspecified atom stereocenters. The van der Waals surface area contributed by atoms with E-state index in [2.05, 4.69) is 31.1 Å². The molecular formula is C25H16BrFN4O3S2. The first-order valence-corrected chi connectivity index (χ1v) is 13.2. The Labute approximate surface area is 221 Å². The molecule has 2 aromatic heterocycles. The van der Waals surface area contributed by atoms with Crippen LogP contribution in [0.2, 0.25) is 0 Å². The van der Waals surface area contributed by atoms with Crippen molar-refractivity contribution < 1.29 is 19.1 Å². The molecule has 1 aliphatic heterocycles. The molecule has 2 aromatic carbocycles. The second-order valence-corrected chi connectivity index (χ2v) is 10.8. The van der Waals surface area contributed by atoms with Crippen molar-refractivity contribution in [2.45, 2.75) is 16.1 Å². The molecule has 3 heterocycles. The summed E-state index contributed by atoms with van der Waals surface area (Å²) in [5.74, 6) is -1.69. The Hall–Kier alpha value is -3.41. The quantitative estimate of drug-likeness (QED) is 0.102. The Balaban J connectivity index is 1.53. The first kappa shape index (κ1) is 24.3. The van der Waals surface area contributed by atoms with Crippen molar-refractivity contribution in [3.05, 3.63) is 106 Å². The van der Waals surface area contributed by atoms with Crippen molar-refractivity contribution >= 4 is 61.6 Å². The maximum atomic E-state index is 13.2. The molecule has 1 amide bonds. The first-order chi connectivity index (χ1) is 17.4. The van der Waals surface area contributed by atoms with E-state index in [1.165, 1.54) is 41.2 Å². The molecule has 11 heteroatoms. The third-order valence-corrected chi connectivity index (χ3v) is 8.06. The fourth-order valence-electron chi connectivity index (χ4n) is 3.77. The van der Waals surface area contributed by atoms with Gasteiger partial charge in [-0.1, -0.05) is 63.3 Å². The van der Waals surface area contributed by atoms with Crippen LogP contribution in [-0.2, 0) is 15.3 Å². The fraction of sp³-hybridized carbons (Fsp3) is 0.0800. The van der Waals surface area contributed by atoms with Gasteiger partial charge in [-0.2, -0.15) is 0 Å². The van der Waals surface area contributed by atoms with Gasteiger partial charge in [-0.3, -0.25) is 19.5 Å². The Bertz CT molecular complexity index is 1480. The van der Waals surface area contributed by atoms with Crippen molar-refractivity contribution in [3.8, 4) is 0 Å². The number of pyridine rings is 1. The molecule has 0 aliphatic carbocycles. The van der Waals surface area contributed by atoms with Crippen LogP contribution >= 0.6 is 39.0 Å². The Morgan fingerprint density at radius 1 is 1.08 bits per heavy atom. The predicted octanol–water partition coefficient (Wildman–Crippen LogP) is 5.75. The molecule has 0 radical (unpaired) electrons. The SMILES string of the molecule is O=C1C(=O)N(c2nnc(SCc3ccc(F)cc3)s2)C(c2cccc(Br)c2)/C1=C(\O)c1ccncc1. The van der Waals surface area contributed by atoms with E-state index < -0.39 is 17.7 Å². The molecule has 1 aliphatic rings. The summed E-state index contributed by atoms with van der Waals surface area (Å²) in [7, 11) is 0. The molecule has 1 N–H and O–H groups in total. The number of benzene rings is 2. The van der Waals surface area contributed by atoms with Gasteiger partial charge in [0.1, 0.15) is 11.6 Å². The summed E-state index contributed by atoms with van der Waals surface area (Å²) in [6.07, 6.45) is 2.99. The van der Waals surface area contributed by atoms with Crippen LogP contribution in [0.25, 0.3) is 5.76 Å². The number of ketones is 1. The molecule has 180 valence electrons. The zero-order valence-electron chi connectivity index (χ0n) is 18.3. The minimum atomic E-state index is -0.904. The van der Waals surface area contributed by atoms with Gasteiger partial charge in [-0.25, -0.2) is 4.39 Å². The van der Waals surface area contributed by atoms with Gasteiger partial charge in [0, 0.05) is 28.2 Å². The van der Waals surface area contributed by atoms with Crippen LogP contribution in [0, 0.1) is 5.82 Å². The zero-order chi connectivity index (χ0) is 25.2. The summed E-state index contributed by atoms with van der Waals surface area (Å²) in [6, 6.07) is 15.6. The average molecular weight is 583 g/mol. The molecule has 7 nitrogen and oxygen atoms in total. The van der Waals surface area contributed by atoms with Crippen molar-refractivity contribution in [3.63, 3.8) is 0 Å². The van der Waals surface area contributed by atoms with Gasteiger partial charge in [-0.05, 0) is 47.5 Å². The number of rotatable bonds is 6. The van der Waals surface area contributed by atoms with Crippen molar-refractivity contribution in [2.24, 2.45) is 0 Å². The number of halogens is 2. The van der Waals surface area contributed by atoms with Gasteiger partial charge < -0.3 is 5.11 Å². The highest BCUT2D eigenvalue weighted by Crippen LogP contribution is 2.44. The van der Waals surface area contributed by atoms with E-state index in [1.54, 1.807) is 42.5 Å². The van der Waals surface area contributed by atoms with Gasteiger partial charge in [0.15, 0.2) is 4.34 Å². The topological polar surface area (TPSA) is 96.3 Å². The average Bonchev–Trinajstić information content (AvgIpc) is 3.46. The summed E-state index contributed by atoms with van der Waals surface area (Å²) >= 11 is 5.99. The van der Waals surface area contributed by atoms with Crippen LogP contribution in [-0.4, -0.2) is 32.0 Å². The van der Waals surface area contributed by atoms with Gasteiger partial charge >= 0.3 is 5.91 Å². The molecule has 36 heavy (non-hydrogen) atoms. The van der Waals surface area contributed by atoms with E-state index in [0.717, 1.165) is 21.4 Å². The van der Waals surface area contributed by atoms with Crippen LogP contribution in [0.5, 0.6) is 0 Å². The maximum Gasteiger partial charge on any atom is 0.301 e. The smallest absolute Gasteiger partial charge is 0.301 e. The number of carbonyl (C=O) groups is 2. The molecule has 4 aromatic rings. The zero-order valence-corrected chi connectivity index (χ0v) is 21.6. The number of carbonyl (C=O) groups excluding carboxylic acids is 2. The Morgan fingerprint density at radius 2 is 1.83 bits per heavy atom. The maximum absolute atomic E-state index is 13.2. The Morgan fingerprint density at radius 3 is 2.56 bits per heavy atom. The highest BCUT2D eigenvalue weighted by molar-refractivity contribution is 9.10. The summed E-state index contributed by atoms with van der Waals surface area (Å²) in [5, 5.41) is 19.7. The van der Waals surface area contributed by atoms with E-state index >= 15 is 0 Å². The molecule has 0 saturated carbocycles. The lowest BCUT2D eigenvalue weighted by atomic mass is 9.96. The number of aromatic nitrogens is 3. The lowest BCUT2D eigenvalue weighted by Gasteiger charge is -2.22. The third-order valence-electron chi connectivity index (χ3n) is 5.44. The number of Topliss-reactive ketones (excluding diaryl/α,β-unsaturated/α-hetero) is 1. The third kappa shape index (κ3) is 4.81. The fourth-order valence-corrected chi connectivity index (χ4v) is 6.01. The predicted molar refractivity (Wildman–Crippen MR) is 139 cm³/mol. The second-order valence-electron chi connectivity index (χ2n) is 7.73. The number of aliphatic hydroxyl groups excluding tert-OH is 1. The summed E-state index contributed by atoms with van der Waals surface area (Å²) in [4.78, 5) is 31.7. The number of anilines is 1. The summed E-state index contributed by atoms with van der Waals surface area (Å²) in [6.45, 7) is 0. The summed E-state index contributed by atoms with van der Waals surface area (Å²) in [5.41, 5.74) is 1.86. The number of hydrogen-bond donors (Lipinski definition) is 1. The van der Waals surface area contributed by atoms with Crippen LogP contribution in [0.1, 0.15) is 22.7 Å². The van der Waals surface area contributed by atoms with Gasteiger partial charge in [0.25, 0.3) is 5.78 Å². The minimum Gasteiger partial charge on any atom is -0.507 e. The van der Waals surface area contributed by atoms with E-state index in [4.69, 9.17) is 0 Å². The normalized spacial score (nSPS) is 17.1.